The van der Waals surface area contributed by atoms with Gasteiger partial charge in [0, 0.05) is 31.0 Å². The molecule has 3 rings (SSSR count). The fourth-order valence-electron chi connectivity index (χ4n) is 3.04. The summed E-state index contributed by atoms with van der Waals surface area (Å²) in [5.74, 6) is 0. The van der Waals surface area contributed by atoms with E-state index in [1.165, 1.54) is 25.0 Å². The van der Waals surface area contributed by atoms with Crippen molar-refractivity contribution >= 4 is 5.65 Å². The fourth-order valence-corrected chi connectivity index (χ4v) is 3.04. The Bertz CT molecular complexity index is 488. The zero-order valence-corrected chi connectivity index (χ0v) is 11.2. The van der Waals surface area contributed by atoms with Crippen LogP contribution in [0.5, 0.6) is 0 Å². The lowest BCUT2D eigenvalue weighted by atomic mass is 9.97. The van der Waals surface area contributed by atoms with Crippen molar-refractivity contribution in [2.75, 3.05) is 0 Å². The molecule has 2 atom stereocenters. The normalized spacial score (nSPS) is 25.7. The van der Waals surface area contributed by atoms with Crippen LogP contribution < -0.4 is 0 Å². The number of pyridine rings is 1. The summed E-state index contributed by atoms with van der Waals surface area (Å²) in [7, 11) is 0. The molecule has 0 spiro atoms. The van der Waals surface area contributed by atoms with E-state index >= 15 is 0 Å². The van der Waals surface area contributed by atoms with Crippen molar-refractivity contribution in [3.8, 4) is 0 Å². The third-order valence-corrected chi connectivity index (χ3v) is 4.13. The number of hydrogen-bond acceptors (Lipinski definition) is 2. The van der Waals surface area contributed by atoms with Gasteiger partial charge in [-0.2, -0.15) is 0 Å². The SMILES string of the molecule is C[C@@H]1CCC[C@@H](C)N1Cc1cn2ccccc2n1. The van der Waals surface area contributed by atoms with Gasteiger partial charge in [0.15, 0.2) is 0 Å². The molecule has 0 saturated carbocycles. The van der Waals surface area contributed by atoms with Crippen molar-refractivity contribution < 1.29 is 0 Å². The zero-order chi connectivity index (χ0) is 12.5. The van der Waals surface area contributed by atoms with Crippen LogP contribution in [0.15, 0.2) is 30.6 Å². The molecule has 0 aromatic carbocycles. The molecule has 3 heterocycles. The second-order valence-corrected chi connectivity index (χ2v) is 5.50. The van der Waals surface area contributed by atoms with Crippen LogP contribution >= 0.6 is 0 Å². The number of likely N-dealkylation sites (tertiary alicyclic amines) is 1. The number of hydrogen-bond donors (Lipinski definition) is 0. The summed E-state index contributed by atoms with van der Waals surface area (Å²) in [6.07, 6.45) is 8.22. The monoisotopic (exact) mass is 243 g/mol. The molecule has 0 unspecified atom stereocenters. The molecule has 1 aliphatic heterocycles. The van der Waals surface area contributed by atoms with Gasteiger partial charge in [-0.05, 0) is 38.8 Å². The summed E-state index contributed by atoms with van der Waals surface area (Å²) >= 11 is 0. The predicted octanol–water partition coefficient (Wildman–Crippen LogP) is 3.10. The largest absolute Gasteiger partial charge is 0.307 e. The van der Waals surface area contributed by atoms with Crippen LogP contribution in [-0.4, -0.2) is 26.4 Å². The van der Waals surface area contributed by atoms with Crippen LogP contribution in [0.25, 0.3) is 5.65 Å². The quantitative estimate of drug-likeness (QED) is 0.808. The molecule has 18 heavy (non-hydrogen) atoms. The minimum Gasteiger partial charge on any atom is -0.307 e. The van der Waals surface area contributed by atoms with E-state index in [2.05, 4.69) is 41.6 Å². The first-order chi connectivity index (χ1) is 8.74. The molecular formula is C15H21N3. The van der Waals surface area contributed by atoms with E-state index < -0.39 is 0 Å². The Labute approximate surface area is 108 Å². The minimum absolute atomic E-state index is 0.679. The molecule has 3 heteroatoms. The highest BCUT2D eigenvalue weighted by Gasteiger charge is 2.25. The van der Waals surface area contributed by atoms with Gasteiger partial charge in [-0.3, -0.25) is 4.90 Å². The van der Waals surface area contributed by atoms with Crippen LogP contribution in [0.4, 0.5) is 0 Å². The van der Waals surface area contributed by atoms with E-state index in [0.29, 0.717) is 12.1 Å². The van der Waals surface area contributed by atoms with E-state index in [0.717, 1.165) is 12.2 Å². The lowest BCUT2D eigenvalue weighted by molar-refractivity contribution is 0.0940. The molecule has 0 bridgehead atoms. The standard InChI is InChI=1S/C15H21N3/c1-12-6-5-7-13(2)18(12)11-14-10-17-9-4-3-8-15(17)16-14/h3-4,8-10,12-13H,5-7,11H2,1-2H3/t12-,13-/m1/s1. The zero-order valence-electron chi connectivity index (χ0n) is 11.2. The lowest BCUT2D eigenvalue weighted by Crippen LogP contribution is -2.43. The first kappa shape index (κ1) is 11.7. The van der Waals surface area contributed by atoms with Crippen LogP contribution in [0.2, 0.25) is 0 Å². The Morgan fingerprint density at radius 2 is 2.00 bits per heavy atom. The predicted molar refractivity (Wildman–Crippen MR) is 73.5 cm³/mol. The van der Waals surface area contributed by atoms with Gasteiger partial charge in [0.2, 0.25) is 0 Å². The van der Waals surface area contributed by atoms with Crippen molar-refractivity contribution in [3.05, 3.63) is 36.3 Å². The Hall–Kier alpha value is -1.35. The average molecular weight is 243 g/mol. The number of aromatic nitrogens is 2. The van der Waals surface area contributed by atoms with Gasteiger partial charge < -0.3 is 4.40 Å². The van der Waals surface area contributed by atoms with E-state index in [1.54, 1.807) is 0 Å². The maximum Gasteiger partial charge on any atom is 0.137 e. The summed E-state index contributed by atoms with van der Waals surface area (Å²) in [5.41, 5.74) is 2.23. The third-order valence-electron chi connectivity index (χ3n) is 4.13. The highest BCUT2D eigenvalue weighted by Crippen LogP contribution is 2.24. The van der Waals surface area contributed by atoms with Gasteiger partial charge in [0.1, 0.15) is 5.65 Å². The number of fused-ring (bicyclic) bond motifs is 1. The van der Waals surface area contributed by atoms with E-state index in [9.17, 15) is 0 Å². The van der Waals surface area contributed by atoms with Crippen LogP contribution in [0, 0.1) is 0 Å². The second kappa shape index (κ2) is 4.73. The summed E-state index contributed by atoms with van der Waals surface area (Å²) in [6, 6.07) is 7.51. The summed E-state index contributed by atoms with van der Waals surface area (Å²) < 4.78 is 2.11. The number of nitrogens with zero attached hydrogens (tertiary/aromatic N) is 3. The Morgan fingerprint density at radius 1 is 1.22 bits per heavy atom. The van der Waals surface area contributed by atoms with E-state index in [4.69, 9.17) is 4.98 Å². The number of piperidine rings is 1. The van der Waals surface area contributed by atoms with Gasteiger partial charge in [0.25, 0.3) is 0 Å². The molecule has 1 saturated heterocycles. The topological polar surface area (TPSA) is 20.5 Å². The second-order valence-electron chi connectivity index (χ2n) is 5.50. The molecule has 1 fully saturated rings. The van der Waals surface area contributed by atoms with Gasteiger partial charge >= 0.3 is 0 Å². The molecule has 2 aromatic rings. The van der Waals surface area contributed by atoms with Gasteiger partial charge in [0.05, 0.1) is 5.69 Å². The van der Waals surface area contributed by atoms with Crippen molar-refractivity contribution in [3.63, 3.8) is 0 Å². The van der Waals surface area contributed by atoms with Crippen molar-refractivity contribution in [1.29, 1.82) is 0 Å². The van der Waals surface area contributed by atoms with Crippen LogP contribution in [-0.2, 0) is 6.54 Å². The third kappa shape index (κ3) is 2.15. The molecular weight excluding hydrogens is 222 g/mol. The molecule has 96 valence electrons. The van der Waals surface area contributed by atoms with Crippen molar-refractivity contribution in [2.24, 2.45) is 0 Å². The van der Waals surface area contributed by atoms with Crippen molar-refractivity contribution in [2.45, 2.75) is 51.7 Å². The summed E-state index contributed by atoms with van der Waals surface area (Å²) in [4.78, 5) is 7.29. The number of rotatable bonds is 2. The van der Waals surface area contributed by atoms with Crippen molar-refractivity contribution in [1.82, 2.24) is 14.3 Å². The Kier molecular flexibility index (Phi) is 3.08. The first-order valence-electron chi connectivity index (χ1n) is 6.92. The molecule has 0 aliphatic carbocycles. The number of imidazole rings is 1. The maximum absolute atomic E-state index is 4.70. The molecule has 0 radical (unpaired) electrons. The molecule has 3 nitrogen and oxygen atoms in total. The lowest BCUT2D eigenvalue weighted by Gasteiger charge is -2.38. The van der Waals surface area contributed by atoms with Gasteiger partial charge in [-0.1, -0.05) is 12.5 Å². The molecule has 0 N–H and O–H groups in total. The Morgan fingerprint density at radius 3 is 2.72 bits per heavy atom. The van der Waals surface area contributed by atoms with E-state index in [-0.39, 0.29) is 0 Å². The molecule has 2 aromatic heterocycles. The average Bonchev–Trinajstić information content (AvgIpc) is 2.76. The fraction of sp³-hybridized carbons (Fsp3) is 0.533. The van der Waals surface area contributed by atoms with E-state index in [1.807, 2.05) is 12.1 Å². The van der Waals surface area contributed by atoms with Crippen LogP contribution in [0.3, 0.4) is 0 Å². The maximum atomic E-state index is 4.70. The minimum atomic E-state index is 0.679. The first-order valence-corrected chi connectivity index (χ1v) is 6.92. The molecule has 1 aliphatic rings. The van der Waals surface area contributed by atoms with Gasteiger partial charge in [-0.25, -0.2) is 4.98 Å². The van der Waals surface area contributed by atoms with Gasteiger partial charge in [-0.15, -0.1) is 0 Å². The summed E-state index contributed by atoms with van der Waals surface area (Å²) in [6.45, 7) is 5.65. The van der Waals surface area contributed by atoms with Crippen LogP contribution in [0.1, 0.15) is 38.8 Å². The highest BCUT2D eigenvalue weighted by molar-refractivity contribution is 5.39. The molecule has 0 amide bonds. The summed E-state index contributed by atoms with van der Waals surface area (Å²) in [5, 5.41) is 0. The smallest absolute Gasteiger partial charge is 0.137 e. The Balaban J connectivity index is 1.82. The highest BCUT2D eigenvalue weighted by atomic mass is 15.2.